The maximum Gasteiger partial charge on any atom is 0.266 e. The first kappa shape index (κ1) is 18.1. The van der Waals surface area contributed by atoms with Crippen LogP contribution in [0.25, 0.3) is 0 Å². The molecule has 2 fully saturated rings. The number of amides is 1. The Morgan fingerprint density at radius 2 is 1.88 bits per heavy atom. The Morgan fingerprint density at radius 1 is 1.16 bits per heavy atom. The molecule has 6 heteroatoms. The molecule has 6 nitrogen and oxygen atoms in total. The van der Waals surface area contributed by atoms with Crippen LogP contribution in [0, 0.1) is 5.92 Å². The molecule has 0 radical (unpaired) electrons. The van der Waals surface area contributed by atoms with Crippen LogP contribution in [0.4, 0.5) is 0 Å². The van der Waals surface area contributed by atoms with E-state index in [-0.39, 0.29) is 22.9 Å². The minimum atomic E-state index is -0.0710. The average molecular weight is 346 g/mol. The third kappa shape index (κ3) is 3.94. The van der Waals surface area contributed by atoms with Crippen molar-refractivity contribution in [3.63, 3.8) is 0 Å². The molecule has 1 aromatic heterocycles. The molecule has 2 aliphatic heterocycles. The summed E-state index contributed by atoms with van der Waals surface area (Å²) in [7, 11) is 1.90. The van der Waals surface area contributed by atoms with Crippen molar-refractivity contribution in [1.82, 2.24) is 19.6 Å². The van der Waals surface area contributed by atoms with Gasteiger partial charge in [-0.05, 0) is 25.3 Å². The van der Waals surface area contributed by atoms with Crippen molar-refractivity contribution >= 4 is 5.91 Å². The van der Waals surface area contributed by atoms with E-state index in [4.69, 9.17) is 0 Å². The van der Waals surface area contributed by atoms with Crippen LogP contribution in [-0.2, 0) is 16.8 Å². The van der Waals surface area contributed by atoms with Gasteiger partial charge in [0.15, 0.2) is 0 Å². The minimum Gasteiger partial charge on any atom is -0.344 e. The number of likely N-dealkylation sites (N-methyl/N-ethyl adjacent to an activating group) is 1. The van der Waals surface area contributed by atoms with Gasteiger partial charge in [0.1, 0.15) is 0 Å². The van der Waals surface area contributed by atoms with E-state index in [1.165, 1.54) is 0 Å². The molecule has 2 aliphatic rings. The molecule has 1 amide bonds. The van der Waals surface area contributed by atoms with E-state index in [1.54, 1.807) is 10.7 Å². The molecule has 0 aromatic carbocycles. The van der Waals surface area contributed by atoms with E-state index >= 15 is 0 Å². The Labute approximate surface area is 149 Å². The number of hydrogen-bond donors (Lipinski definition) is 0. The van der Waals surface area contributed by atoms with Crippen LogP contribution < -0.4 is 5.56 Å². The fourth-order valence-corrected chi connectivity index (χ4v) is 3.72. The van der Waals surface area contributed by atoms with Crippen LogP contribution in [-0.4, -0.2) is 58.2 Å². The van der Waals surface area contributed by atoms with Gasteiger partial charge in [-0.3, -0.25) is 14.5 Å². The fourth-order valence-electron chi connectivity index (χ4n) is 3.72. The summed E-state index contributed by atoms with van der Waals surface area (Å²) in [5, 5.41) is 4.56. The molecule has 1 aromatic rings. The van der Waals surface area contributed by atoms with Crippen LogP contribution in [0.15, 0.2) is 16.9 Å². The maximum absolute atomic E-state index is 12.5. The van der Waals surface area contributed by atoms with Gasteiger partial charge in [-0.25, -0.2) is 4.68 Å². The third-order valence-corrected chi connectivity index (χ3v) is 5.37. The van der Waals surface area contributed by atoms with Crippen molar-refractivity contribution in [2.75, 3.05) is 26.7 Å². The first-order valence-electron chi connectivity index (χ1n) is 9.33. The van der Waals surface area contributed by atoms with Gasteiger partial charge in [0, 0.05) is 44.1 Å². The molecular formula is C19H30N4O2. The summed E-state index contributed by atoms with van der Waals surface area (Å²) in [5.41, 5.74) is 0.818. The topological polar surface area (TPSA) is 58.4 Å². The van der Waals surface area contributed by atoms with Crippen molar-refractivity contribution in [2.24, 2.45) is 5.92 Å². The molecule has 0 bridgehead atoms. The van der Waals surface area contributed by atoms with Gasteiger partial charge in [-0.15, -0.1) is 0 Å². The number of likely N-dealkylation sites (tertiary alicyclic amines) is 2. The van der Waals surface area contributed by atoms with Crippen molar-refractivity contribution in [3.8, 4) is 0 Å². The van der Waals surface area contributed by atoms with Gasteiger partial charge >= 0.3 is 0 Å². The molecule has 2 saturated heterocycles. The Bertz CT molecular complexity index is 685. The van der Waals surface area contributed by atoms with Gasteiger partial charge in [0.25, 0.3) is 5.56 Å². The molecular weight excluding hydrogens is 316 g/mol. The monoisotopic (exact) mass is 346 g/mol. The highest BCUT2D eigenvalue weighted by molar-refractivity contribution is 5.82. The molecule has 138 valence electrons. The molecule has 1 atom stereocenters. The lowest BCUT2D eigenvalue weighted by molar-refractivity contribution is -0.138. The second-order valence-electron chi connectivity index (χ2n) is 8.58. The molecule has 25 heavy (non-hydrogen) atoms. The second kappa shape index (κ2) is 6.90. The zero-order chi connectivity index (χ0) is 18.2. The van der Waals surface area contributed by atoms with Gasteiger partial charge in [0.2, 0.25) is 5.91 Å². The molecule has 0 N–H and O–H groups in total. The maximum atomic E-state index is 12.5. The van der Waals surface area contributed by atoms with Gasteiger partial charge in [-0.1, -0.05) is 20.8 Å². The highest BCUT2D eigenvalue weighted by Gasteiger charge is 2.38. The van der Waals surface area contributed by atoms with E-state index < -0.39 is 0 Å². The third-order valence-electron chi connectivity index (χ3n) is 5.37. The first-order valence-corrected chi connectivity index (χ1v) is 9.33. The summed E-state index contributed by atoms with van der Waals surface area (Å²) in [6.45, 7) is 9.55. The van der Waals surface area contributed by atoms with Gasteiger partial charge in [0.05, 0.1) is 18.3 Å². The predicted octanol–water partition coefficient (Wildman–Crippen LogP) is 1.48. The lowest BCUT2D eigenvalue weighted by Crippen LogP contribution is -2.58. The van der Waals surface area contributed by atoms with E-state index in [0.717, 1.165) is 44.6 Å². The smallest absolute Gasteiger partial charge is 0.266 e. The standard InChI is InChI=1S/C19H30N4O2/c1-19(2,3)16-8-9-17(24)23(20-16)13-14-11-22(12-14)15-7-5-6-10-21(4)18(15)25/h8-9,14-15H,5-7,10-13H2,1-4H3. The van der Waals surface area contributed by atoms with E-state index in [9.17, 15) is 9.59 Å². The van der Waals surface area contributed by atoms with Crippen molar-refractivity contribution < 1.29 is 4.79 Å². The Morgan fingerprint density at radius 3 is 2.56 bits per heavy atom. The highest BCUT2D eigenvalue weighted by atomic mass is 16.2. The molecule has 3 heterocycles. The lowest BCUT2D eigenvalue weighted by Gasteiger charge is -2.44. The minimum absolute atomic E-state index is 0.0225. The van der Waals surface area contributed by atoms with Crippen LogP contribution in [0.3, 0.4) is 0 Å². The number of aromatic nitrogens is 2. The zero-order valence-electron chi connectivity index (χ0n) is 15.9. The fraction of sp³-hybridized carbons (Fsp3) is 0.737. The largest absolute Gasteiger partial charge is 0.344 e. The van der Waals surface area contributed by atoms with Gasteiger partial charge in [-0.2, -0.15) is 5.10 Å². The Hall–Kier alpha value is -1.69. The number of rotatable bonds is 3. The average Bonchev–Trinajstić information content (AvgIpc) is 2.66. The zero-order valence-corrected chi connectivity index (χ0v) is 15.9. The molecule has 1 unspecified atom stereocenters. The summed E-state index contributed by atoms with van der Waals surface area (Å²) in [6, 6.07) is 3.47. The number of nitrogens with zero attached hydrogens (tertiary/aromatic N) is 4. The number of carbonyl (C=O) groups excluding carboxylic acids is 1. The second-order valence-corrected chi connectivity index (χ2v) is 8.58. The Balaban J connectivity index is 1.62. The molecule has 0 aliphatic carbocycles. The molecule has 3 rings (SSSR count). The van der Waals surface area contributed by atoms with Crippen molar-refractivity contribution in [2.45, 2.75) is 58.0 Å². The SMILES string of the molecule is CN1CCCCC(N2CC(Cn3nc(C(C)(C)C)ccc3=O)C2)C1=O. The van der Waals surface area contributed by atoms with E-state index in [0.29, 0.717) is 12.5 Å². The Kier molecular flexibility index (Phi) is 5.00. The quantitative estimate of drug-likeness (QED) is 0.832. The summed E-state index contributed by atoms with van der Waals surface area (Å²) < 4.78 is 1.60. The van der Waals surface area contributed by atoms with Crippen LogP contribution in [0.1, 0.15) is 45.7 Å². The number of carbonyl (C=O) groups is 1. The van der Waals surface area contributed by atoms with Crippen LogP contribution in [0.2, 0.25) is 0 Å². The summed E-state index contributed by atoms with van der Waals surface area (Å²) in [6.07, 6.45) is 3.15. The van der Waals surface area contributed by atoms with Gasteiger partial charge < -0.3 is 4.90 Å². The summed E-state index contributed by atoms with van der Waals surface area (Å²) in [5.74, 6) is 0.641. The number of hydrogen-bond acceptors (Lipinski definition) is 4. The lowest BCUT2D eigenvalue weighted by atomic mass is 9.92. The first-order chi connectivity index (χ1) is 11.8. The van der Waals surface area contributed by atoms with Crippen molar-refractivity contribution in [3.05, 3.63) is 28.2 Å². The molecule has 0 saturated carbocycles. The van der Waals surface area contributed by atoms with E-state index in [2.05, 4.69) is 30.8 Å². The molecule has 0 spiro atoms. The van der Waals surface area contributed by atoms with Crippen LogP contribution >= 0.6 is 0 Å². The predicted molar refractivity (Wildman–Crippen MR) is 97.5 cm³/mol. The normalized spacial score (nSPS) is 23.4. The highest BCUT2D eigenvalue weighted by Crippen LogP contribution is 2.25. The van der Waals surface area contributed by atoms with E-state index in [1.807, 2.05) is 18.0 Å². The summed E-state index contributed by atoms with van der Waals surface area (Å²) >= 11 is 0. The van der Waals surface area contributed by atoms with Crippen LogP contribution in [0.5, 0.6) is 0 Å². The summed E-state index contributed by atoms with van der Waals surface area (Å²) in [4.78, 5) is 28.7. The van der Waals surface area contributed by atoms with Crippen molar-refractivity contribution in [1.29, 1.82) is 0 Å².